The maximum absolute atomic E-state index is 12.9. The Balaban J connectivity index is 0.00000243. The first-order valence-electron chi connectivity index (χ1n) is 9.14. The summed E-state index contributed by atoms with van der Waals surface area (Å²) in [4.78, 5) is 29.0. The second kappa shape index (κ2) is 7.97. The van der Waals surface area contributed by atoms with Crippen molar-refractivity contribution in [3.05, 3.63) is 35.4 Å². The van der Waals surface area contributed by atoms with Crippen molar-refractivity contribution >= 4 is 24.2 Å². The van der Waals surface area contributed by atoms with Crippen LogP contribution in [0.4, 0.5) is 0 Å². The van der Waals surface area contributed by atoms with Gasteiger partial charge in [0.05, 0.1) is 5.92 Å². The van der Waals surface area contributed by atoms with Crippen molar-refractivity contribution in [1.82, 2.24) is 9.80 Å². The number of hydrogen-bond donors (Lipinski definition) is 1. The van der Waals surface area contributed by atoms with Crippen molar-refractivity contribution in [3.8, 4) is 0 Å². The number of hydrogen-bond acceptors (Lipinski definition) is 3. The molecule has 2 atom stereocenters. The van der Waals surface area contributed by atoms with Gasteiger partial charge in [0.15, 0.2) is 0 Å². The maximum Gasteiger partial charge on any atom is 0.228 e. The van der Waals surface area contributed by atoms with E-state index in [0.717, 1.165) is 12.0 Å². The average molecular weight is 380 g/mol. The monoisotopic (exact) mass is 379 g/mol. The van der Waals surface area contributed by atoms with E-state index in [4.69, 9.17) is 5.73 Å². The molecule has 6 heteroatoms. The van der Waals surface area contributed by atoms with Crippen LogP contribution in [-0.2, 0) is 16.1 Å². The van der Waals surface area contributed by atoms with Crippen LogP contribution in [0.5, 0.6) is 0 Å². The highest BCUT2D eigenvalue weighted by Crippen LogP contribution is 2.30. The average Bonchev–Trinajstić information content (AvgIpc) is 2.92. The minimum Gasteiger partial charge on any atom is -0.342 e. The number of nitrogens with zero attached hydrogens (tertiary/aromatic N) is 2. The van der Waals surface area contributed by atoms with Crippen LogP contribution in [0.1, 0.15) is 37.8 Å². The number of carbonyl (C=O) groups is 2. The number of aryl methyl sites for hydroxylation is 1. The van der Waals surface area contributed by atoms with Gasteiger partial charge < -0.3 is 15.5 Å². The largest absolute Gasteiger partial charge is 0.342 e. The molecule has 0 aliphatic carbocycles. The highest BCUT2D eigenvalue weighted by molar-refractivity contribution is 5.89. The van der Waals surface area contributed by atoms with E-state index in [2.05, 4.69) is 26.0 Å². The molecule has 3 rings (SSSR count). The number of halogens is 1. The molecule has 0 aromatic heterocycles. The summed E-state index contributed by atoms with van der Waals surface area (Å²) in [6.07, 6.45) is 1.15. The summed E-state index contributed by atoms with van der Waals surface area (Å²) in [7, 11) is 0. The zero-order chi connectivity index (χ0) is 18.2. The second-order valence-corrected chi connectivity index (χ2v) is 8.30. The Labute approximate surface area is 162 Å². The van der Waals surface area contributed by atoms with Crippen molar-refractivity contribution in [2.75, 3.05) is 19.6 Å². The van der Waals surface area contributed by atoms with Crippen LogP contribution in [0.15, 0.2) is 24.3 Å². The van der Waals surface area contributed by atoms with Crippen molar-refractivity contribution in [2.45, 2.75) is 46.2 Å². The summed E-state index contributed by atoms with van der Waals surface area (Å²) in [5, 5.41) is 0. The number of rotatable bonds is 3. The number of amides is 2. The summed E-state index contributed by atoms with van der Waals surface area (Å²) < 4.78 is 0. The number of likely N-dealkylation sites (tertiary alicyclic amines) is 2. The molecule has 2 aliphatic heterocycles. The maximum atomic E-state index is 12.9. The first-order chi connectivity index (χ1) is 11.8. The molecular formula is C20H30ClN3O2. The summed E-state index contributed by atoms with van der Waals surface area (Å²) >= 11 is 0. The van der Waals surface area contributed by atoms with E-state index in [1.54, 1.807) is 0 Å². The van der Waals surface area contributed by atoms with Gasteiger partial charge in [-0.3, -0.25) is 9.59 Å². The van der Waals surface area contributed by atoms with Gasteiger partial charge in [0.1, 0.15) is 0 Å². The Kier molecular flexibility index (Phi) is 6.35. The van der Waals surface area contributed by atoms with Crippen LogP contribution in [0, 0.1) is 18.3 Å². The van der Waals surface area contributed by atoms with Crippen LogP contribution in [-0.4, -0.2) is 47.3 Å². The Morgan fingerprint density at radius 2 is 1.92 bits per heavy atom. The van der Waals surface area contributed by atoms with Crippen LogP contribution >= 0.6 is 12.4 Å². The molecule has 144 valence electrons. The Morgan fingerprint density at radius 3 is 2.54 bits per heavy atom. The molecule has 0 saturated carbocycles. The van der Waals surface area contributed by atoms with E-state index in [-0.39, 0.29) is 41.6 Å². The molecule has 2 unspecified atom stereocenters. The molecule has 2 heterocycles. The second-order valence-electron chi connectivity index (χ2n) is 8.30. The Bertz CT molecular complexity index is 660. The van der Waals surface area contributed by atoms with Crippen LogP contribution in [0.3, 0.4) is 0 Å². The zero-order valence-electron chi connectivity index (χ0n) is 15.9. The fraction of sp³-hybridized carbons (Fsp3) is 0.600. The fourth-order valence-electron chi connectivity index (χ4n) is 3.82. The van der Waals surface area contributed by atoms with E-state index < -0.39 is 0 Å². The fourth-order valence-corrected chi connectivity index (χ4v) is 3.82. The number of nitrogens with two attached hydrogens (primary N) is 1. The van der Waals surface area contributed by atoms with Gasteiger partial charge in [0.25, 0.3) is 0 Å². The molecule has 0 bridgehead atoms. The molecule has 2 fully saturated rings. The first-order valence-corrected chi connectivity index (χ1v) is 9.14. The Morgan fingerprint density at radius 1 is 1.27 bits per heavy atom. The molecule has 0 spiro atoms. The lowest BCUT2D eigenvalue weighted by Crippen LogP contribution is -2.55. The van der Waals surface area contributed by atoms with E-state index in [1.807, 2.05) is 28.9 Å². The summed E-state index contributed by atoms with van der Waals surface area (Å²) in [6.45, 7) is 8.75. The third-order valence-corrected chi connectivity index (χ3v) is 5.68. The summed E-state index contributed by atoms with van der Waals surface area (Å²) in [6, 6.07) is 8.33. The lowest BCUT2D eigenvalue weighted by Gasteiger charge is -2.43. The van der Waals surface area contributed by atoms with E-state index in [0.29, 0.717) is 32.6 Å². The number of benzene rings is 1. The predicted octanol–water partition coefficient (Wildman–Crippen LogP) is 2.35. The summed E-state index contributed by atoms with van der Waals surface area (Å²) in [5.41, 5.74) is 8.41. The molecule has 26 heavy (non-hydrogen) atoms. The van der Waals surface area contributed by atoms with Gasteiger partial charge in [0, 0.05) is 38.6 Å². The SMILES string of the molecule is Cc1ccc(CN2CC(C(=O)N3CCC(N)C(C)(C)C3)CC2=O)cc1.Cl. The van der Waals surface area contributed by atoms with Gasteiger partial charge in [-0.25, -0.2) is 0 Å². The van der Waals surface area contributed by atoms with Gasteiger partial charge in [-0.1, -0.05) is 43.7 Å². The minimum atomic E-state index is -0.219. The van der Waals surface area contributed by atoms with Crippen molar-refractivity contribution in [2.24, 2.45) is 17.1 Å². The molecule has 2 aliphatic rings. The van der Waals surface area contributed by atoms with Crippen molar-refractivity contribution < 1.29 is 9.59 Å². The van der Waals surface area contributed by atoms with Gasteiger partial charge in [-0.15, -0.1) is 12.4 Å². The molecule has 1 aromatic rings. The molecule has 2 N–H and O–H groups in total. The smallest absolute Gasteiger partial charge is 0.228 e. The molecule has 2 amide bonds. The van der Waals surface area contributed by atoms with Gasteiger partial charge >= 0.3 is 0 Å². The number of carbonyl (C=O) groups excluding carboxylic acids is 2. The first kappa shape index (κ1) is 20.7. The zero-order valence-corrected chi connectivity index (χ0v) is 16.7. The normalized spacial score (nSPS) is 25.2. The predicted molar refractivity (Wildman–Crippen MR) is 105 cm³/mol. The van der Waals surface area contributed by atoms with E-state index in [9.17, 15) is 9.59 Å². The van der Waals surface area contributed by atoms with Crippen LogP contribution in [0.2, 0.25) is 0 Å². The molecule has 2 saturated heterocycles. The van der Waals surface area contributed by atoms with Gasteiger partial charge in [-0.2, -0.15) is 0 Å². The Hall–Kier alpha value is -1.59. The molecule has 5 nitrogen and oxygen atoms in total. The standard InChI is InChI=1S/C20H29N3O2.ClH/c1-14-4-6-15(7-5-14)11-23-12-16(10-18(23)24)19(25)22-9-8-17(21)20(2,3)13-22;/h4-7,16-17H,8-13,21H2,1-3H3;1H. The molecular weight excluding hydrogens is 350 g/mol. The van der Waals surface area contributed by atoms with Crippen LogP contribution in [0.25, 0.3) is 0 Å². The topological polar surface area (TPSA) is 66.6 Å². The van der Waals surface area contributed by atoms with Crippen LogP contribution < -0.4 is 5.73 Å². The number of piperidine rings is 1. The minimum absolute atomic E-state index is 0. The lowest BCUT2D eigenvalue weighted by molar-refractivity contribution is -0.139. The van der Waals surface area contributed by atoms with Crippen molar-refractivity contribution in [1.29, 1.82) is 0 Å². The highest BCUT2D eigenvalue weighted by Gasteiger charge is 2.41. The lowest BCUT2D eigenvalue weighted by atomic mass is 9.79. The third-order valence-electron chi connectivity index (χ3n) is 5.68. The quantitative estimate of drug-likeness (QED) is 0.876. The van der Waals surface area contributed by atoms with Crippen molar-refractivity contribution in [3.63, 3.8) is 0 Å². The van der Waals surface area contributed by atoms with Gasteiger partial charge in [0.2, 0.25) is 11.8 Å². The van der Waals surface area contributed by atoms with E-state index >= 15 is 0 Å². The molecule has 1 aromatic carbocycles. The third kappa shape index (κ3) is 4.38. The summed E-state index contributed by atoms with van der Waals surface area (Å²) in [5.74, 6) is -0.0327. The molecule has 0 radical (unpaired) electrons. The van der Waals surface area contributed by atoms with E-state index in [1.165, 1.54) is 5.56 Å². The van der Waals surface area contributed by atoms with Gasteiger partial charge in [-0.05, 0) is 24.3 Å². The highest BCUT2D eigenvalue weighted by atomic mass is 35.5.